The van der Waals surface area contributed by atoms with Crippen LogP contribution < -0.4 is 4.74 Å². The summed E-state index contributed by atoms with van der Waals surface area (Å²) < 4.78 is 24.8. The first-order valence-corrected chi connectivity index (χ1v) is 10.1. The first-order chi connectivity index (χ1) is 14.8. The number of nitrogens with zero attached hydrogens (tertiary/aromatic N) is 1. The van der Waals surface area contributed by atoms with E-state index in [-0.39, 0.29) is 36.2 Å². The van der Waals surface area contributed by atoms with Crippen molar-refractivity contribution in [2.24, 2.45) is 0 Å². The zero-order valence-electron chi connectivity index (χ0n) is 18.0. The minimum Gasteiger partial charge on any atom is -0.507 e. The normalized spacial score (nSPS) is 18.1. The Morgan fingerprint density at radius 3 is 2.55 bits per heavy atom. The zero-order valence-corrected chi connectivity index (χ0v) is 18.0. The van der Waals surface area contributed by atoms with Gasteiger partial charge >= 0.3 is 0 Å². The Morgan fingerprint density at radius 2 is 1.90 bits per heavy atom. The van der Waals surface area contributed by atoms with E-state index in [0.717, 1.165) is 0 Å². The smallest absolute Gasteiger partial charge is 0.295 e. The number of benzene rings is 2. The number of hydrogen-bond donors (Lipinski definition) is 1. The minimum absolute atomic E-state index is 0.0382. The van der Waals surface area contributed by atoms with Crippen molar-refractivity contribution in [3.05, 3.63) is 70.5 Å². The Hall–Kier alpha value is -3.19. The molecule has 3 rings (SSSR count). The lowest BCUT2D eigenvalue weighted by atomic mass is 9.94. The van der Waals surface area contributed by atoms with Crippen molar-refractivity contribution in [2.75, 3.05) is 20.3 Å². The van der Waals surface area contributed by atoms with Gasteiger partial charge in [0.05, 0.1) is 31.4 Å². The summed E-state index contributed by atoms with van der Waals surface area (Å²) in [4.78, 5) is 27.3. The third-order valence-corrected chi connectivity index (χ3v) is 5.19. The van der Waals surface area contributed by atoms with E-state index >= 15 is 0 Å². The number of carbonyl (C=O) groups excluding carboxylic acids is 2. The van der Waals surface area contributed by atoms with Gasteiger partial charge in [0.15, 0.2) is 0 Å². The second kappa shape index (κ2) is 9.31. The molecule has 0 bridgehead atoms. The number of aliphatic hydroxyl groups is 1. The lowest BCUT2D eigenvalue weighted by molar-refractivity contribution is -0.140. The highest BCUT2D eigenvalue weighted by Gasteiger charge is 2.46. The standard InChI is InChI=1S/C24H26FNO5/c1-14(2)31-12-11-26-21(17-7-5-6-8-19(17)30-4)20(23(28)24(26)29)22(27)16-9-10-18(25)15(3)13-16/h5-10,13-14,21,27H,11-12H2,1-4H3/b22-20+. The lowest BCUT2D eigenvalue weighted by Gasteiger charge is -2.26. The maximum absolute atomic E-state index is 13.7. The number of halogens is 1. The number of ether oxygens (including phenoxy) is 2. The average Bonchev–Trinajstić information content (AvgIpc) is 2.99. The third-order valence-electron chi connectivity index (χ3n) is 5.19. The van der Waals surface area contributed by atoms with Crippen molar-refractivity contribution in [3.63, 3.8) is 0 Å². The molecule has 0 spiro atoms. The van der Waals surface area contributed by atoms with Crippen molar-refractivity contribution in [3.8, 4) is 5.75 Å². The van der Waals surface area contributed by atoms with Gasteiger partial charge in [-0.3, -0.25) is 9.59 Å². The molecular formula is C24H26FNO5. The maximum Gasteiger partial charge on any atom is 0.295 e. The molecular weight excluding hydrogens is 401 g/mol. The molecule has 1 fully saturated rings. The predicted octanol–water partition coefficient (Wildman–Crippen LogP) is 3.99. The largest absolute Gasteiger partial charge is 0.507 e. The molecule has 0 radical (unpaired) electrons. The summed E-state index contributed by atoms with van der Waals surface area (Å²) >= 11 is 0. The first kappa shape index (κ1) is 22.5. The monoisotopic (exact) mass is 427 g/mol. The number of methoxy groups -OCH3 is 1. The summed E-state index contributed by atoms with van der Waals surface area (Å²) in [6.45, 7) is 5.70. The fourth-order valence-corrected chi connectivity index (χ4v) is 3.66. The molecule has 1 atom stereocenters. The van der Waals surface area contributed by atoms with Crippen molar-refractivity contribution in [2.45, 2.75) is 32.9 Å². The van der Waals surface area contributed by atoms with Crippen molar-refractivity contribution in [1.82, 2.24) is 4.90 Å². The molecule has 1 amide bonds. The highest BCUT2D eigenvalue weighted by Crippen LogP contribution is 2.42. The minimum atomic E-state index is -0.864. The van der Waals surface area contributed by atoms with Crippen LogP contribution >= 0.6 is 0 Å². The van der Waals surface area contributed by atoms with E-state index in [2.05, 4.69) is 0 Å². The van der Waals surface area contributed by atoms with E-state index in [1.165, 1.54) is 30.2 Å². The van der Waals surface area contributed by atoms with Gasteiger partial charge in [0.2, 0.25) is 0 Å². The number of amides is 1. The van der Waals surface area contributed by atoms with E-state index in [4.69, 9.17) is 9.47 Å². The number of Topliss-reactive ketones (excluding diaryl/α,β-unsaturated/α-hetero) is 1. The summed E-state index contributed by atoms with van der Waals surface area (Å²) in [5, 5.41) is 11.0. The van der Waals surface area contributed by atoms with Crippen LogP contribution in [0.1, 0.15) is 36.6 Å². The summed E-state index contributed by atoms with van der Waals surface area (Å²) in [7, 11) is 1.50. The Bertz CT molecular complexity index is 1030. The molecule has 1 aliphatic rings. The number of para-hydroxylation sites is 1. The van der Waals surface area contributed by atoms with Crippen molar-refractivity contribution < 1.29 is 28.6 Å². The summed E-state index contributed by atoms with van der Waals surface area (Å²) in [6, 6.07) is 10.2. The molecule has 31 heavy (non-hydrogen) atoms. The second-order valence-electron chi connectivity index (χ2n) is 7.62. The third kappa shape index (κ3) is 4.46. The van der Waals surface area contributed by atoms with Gasteiger partial charge in [-0.1, -0.05) is 18.2 Å². The van der Waals surface area contributed by atoms with Gasteiger partial charge in [0.25, 0.3) is 11.7 Å². The first-order valence-electron chi connectivity index (χ1n) is 10.1. The average molecular weight is 427 g/mol. The Morgan fingerprint density at radius 1 is 1.19 bits per heavy atom. The van der Waals surface area contributed by atoms with E-state index in [0.29, 0.717) is 16.9 Å². The van der Waals surface area contributed by atoms with Crippen LogP contribution in [0.2, 0.25) is 0 Å². The van der Waals surface area contributed by atoms with Crippen molar-refractivity contribution in [1.29, 1.82) is 0 Å². The van der Waals surface area contributed by atoms with Gasteiger partial charge in [-0.2, -0.15) is 0 Å². The number of carbonyl (C=O) groups is 2. The molecule has 2 aromatic carbocycles. The molecule has 0 saturated carbocycles. The van der Waals surface area contributed by atoms with Crippen LogP contribution in [0, 0.1) is 12.7 Å². The van der Waals surface area contributed by atoms with Gasteiger partial charge in [0.1, 0.15) is 17.3 Å². The fraction of sp³-hybridized carbons (Fsp3) is 0.333. The van der Waals surface area contributed by atoms with Crippen LogP contribution in [0.25, 0.3) is 5.76 Å². The van der Waals surface area contributed by atoms with Crippen molar-refractivity contribution >= 4 is 17.4 Å². The molecule has 1 N–H and O–H groups in total. The number of aryl methyl sites for hydroxylation is 1. The molecule has 1 heterocycles. The summed E-state index contributed by atoms with van der Waals surface area (Å²) in [5.74, 6) is -1.84. The van der Waals surface area contributed by atoms with Crippen LogP contribution in [0.4, 0.5) is 4.39 Å². The molecule has 0 aromatic heterocycles. The van der Waals surface area contributed by atoms with Crippen LogP contribution in [0.3, 0.4) is 0 Å². The SMILES string of the molecule is COc1ccccc1C1/C(=C(\O)c2ccc(F)c(C)c2)C(=O)C(=O)N1CCOC(C)C. The molecule has 6 nitrogen and oxygen atoms in total. The molecule has 2 aromatic rings. The Labute approximate surface area is 180 Å². The fourth-order valence-electron chi connectivity index (χ4n) is 3.66. The van der Waals surface area contributed by atoms with Crippen LogP contribution in [0.5, 0.6) is 5.75 Å². The van der Waals surface area contributed by atoms with E-state index < -0.39 is 23.5 Å². The van der Waals surface area contributed by atoms with E-state index in [1.54, 1.807) is 31.2 Å². The van der Waals surface area contributed by atoms with E-state index in [9.17, 15) is 19.1 Å². The Balaban J connectivity index is 2.16. The van der Waals surface area contributed by atoms with E-state index in [1.807, 2.05) is 13.8 Å². The number of aliphatic hydroxyl groups excluding tert-OH is 1. The number of hydrogen-bond acceptors (Lipinski definition) is 5. The maximum atomic E-state index is 13.7. The van der Waals surface area contributed by atoms with Gasteiger partial charge in [-0.15, -0.1) is 0 Å². The van der Waals surface area contributed by atoms with Gasteiger partial charge < -0.3 is 19.5 Å². The lowest BCUT2D eigenvalue weighted by Crippen LogP contribution is -2.33. The Kier molecular flexibility index (Phi) is 6.75. The van der Waals surface area contributed by atoms with Gasteiger partial charge in [0, 0.05) is 17.7 Å². The topological polar surface area (TPSA) is 76.1 Å². The second-order valence-corrected chi connectivity index (χ2v) is 7.62. The van der Waals surface area contributed by atoms with Gasteiger partial charge in [-0.25, -0.2) is 4.39 Å². The summed E-state index contributed by atoms with van der Waals surface area (Å²) in [6.07, 6.45) is -0.0382. The van der Waals surface area contributed by atoms with Crippen LogP contribution in [-0.2, 0) is 14.3 Å². The number of ketones is 1. The highest BCUT2D eigenvalue weighted by molar-refractivity contribution is 6.46. The molecule has 0 aliphatic carbocycles. The quantitative estimate of drug-likeness (QED) is 0.411. The molecule has 7 heteroatoms. The highest BCUT2D eigenvalue weighted by atomic mass is 19.1. The molecule has 1 saturated heterocycles. The number of rotatable bonds is 7. The number of likely N-dealkylation sites (tertiary alicyclic amines) is 1. The molecule has 1 unspecified atom stereocenters. The van der Waals surface area contributed by atoms with Crippen LogP contribution in [-0.4, -0.2) is 48.1 Å². The zero-order chi connectivity index (χ0) is 22.7. The summed E-state index contributed by atoms with van der Waals surface area (Å²) in [5.41, 5.74) is 1.08. The molecule has 1 aliphatic heterocycles. The molecule has 164 valence electrons. The predicted molar refractivity (Wildman–Crippen MR) is 114 cm³/mol. The van der Waals surface area contributed by atoms with Crippen LogP contribution in [0.15, 0.2) is 48.0 Å². The van der Waals surface area contributed by atoms with Gasteiger partial charge in [-0.05, 0) is 50.6 Å².